The van der Waals surface area contributed by atoms with Gasteiger partial charge < -0.3 is 9.80 Å². The van der Waals surface area contributed by atoms with Crippen molar-refractivity contribution >= 4 is 0 Å². The highest BCUT2D eigenvalue weighted by Gasteiger charge is 2.33. The lowest BCUT2D eigenvalue weighted by atomic mass is 9.95. The van der Waals surface area contributed by atoms with Crippen molar-refractivity contribution < 1.29 is 9.80 Å². The van der Waals surface area contributed by atoms with Gasteiger partial charge in [-0.05, 0) is 23.3 Å². The average Bonchev–Trinajstić information content (AvgIpc) is 3.00. The molecule has 1 atom stereocenters. The van der Waals surface area contributed by atoms with Gasteiger partial charge in [-0.1, -0.05) is 26.2 Å². The number of likely N-dealkylation sites (N-methyl/N-ethyl adjacent to an activating group) is 1. The van der Waals surface area contributed by atoms with E-state index in [2.05, 4.69) is 34.2 Å². The highest BCUT2D eigenvalue weighted by atomic mass is 15.6. The van der Waals surface area contributed by atoms with Crippen LogP contribution in [0.1, 0.15) is 63.4 Å². The second-order valence-corrected chi connectivity index (χ2v) is 6.85. The maximum atomic E-state index is 4.43. The van der Waals surface area contributed by atoms with Gasteiger partial charge in [0.25, 0.3) is 0 Å². The minimum atomic E-state index is 0.468. The first-order valence-corrected chi connectivity index (χ1v) is 8.73. The largest absolute Gasteiger partial charge is 0.328 e. The number of rotatable bonds is 4. The molecule has 21 heavy (non-hydrogen) atoms. The molecular formula is C15H30N6+2. The summed E-state index contributed by atoms with van der Waals surface area (Å²) in [4.78, 5) is 3.33. The summed E-state index contributed by atoms with van der Waals surface area (Å²) in [5.74, 6) is 1.14. The molecular weight excluding hydrogens is 264 g/mol. The van der Waals surface area contributed by atoms with Gasteiger partial charge in [-0.15, -0.1) is 5.10 Å². The first-order chi connectivity index (χ1) is 10.3. The molecule has 0 radical (unpaired) electrons. The molecule has 0 spiro atoms. The lowest BCUT2D eigenvalue weighted by molar-refractivity contribution is -1.02. The predicted molar refractivity (Wildman–Crippen MR) is 80.3 cm³/mol. The zero-order chi connectivity index (χ0) is 14.7. The highest BCUT2D eigenvalue weighted by Crippen LogP contribution is 2.29. The first kappa shape index (κ1) is 14.9. The van der Waals surface area contributed by atoms with Gasteiger partial charge in [0.05, 0.1) is 13.1 Å². The minimum Gasteiger partial charge on any atom is -0.328 e. The molecule has 0 aromatic carbocycles. The third kappa shape index (κ3) is 3.26. The van der Waals surface area contributed by atoms with Crippen LogP contribution in [0.2, 0.25) is 0 Å². The predicted octanol–water partition coefficient (Wildman–Crippen LogP) is -0.957. The van der Waals surface area contributed by atoms with E-state index in [0.717, 1.165) is 12.2 Å². The van der Waals surface area contributed by atoms with Crippen LogP contribution in [0.5, 0.6) is 0 Å². The van der Waals surface area contributed by atoms with Gasteiger partial charge in [0.15, 0.2) is 0 Å². The molecule has 1 aliphatic heterocycles. The van der Waals surface area contributed by atoms with Crippen LogP contribution in [0.3, 0.4) is 0 Å². The maximum Gasteiger partial charge on any atom is 0.209 e. The average molecular weight is 294 g/mol. The Kier molecular flexibility index (Phi) is 4.85. The van der Waals surface area contributed by atoms with Crippen LogP contribution in [0, 0.1) is 0 Å². The summed E-state index contributed by atoms with van der Waals surface area (Å²) in [6.45, 7) is 7.28. The molecule has 0 unspecified atom stereocenters. The number of nitrogens with one attached hydrogen (secondary N) is 2. The molecule has 0 bridgehead atoms. The fourth-order valence-corrected chi connectivity index (χ4v) is 4.02. The summed E-state index contributed by atoms with van der Waals surface area (Å²) in [5, 5.41) is 12.8. The van der Waals surface area contributed by atoms with E-state index < -0.39 is 0 Å². The molecule has 1 saturated heterocycles. The number of aromatic nitrogens is 4. The van der Waals surface area contributed by atoms with E-state index in [1.807, 2.05) is 0 Å². The van der Waals surface area contributed by atoms with Gasteiger partial charge in [-0.3, -0.25) is 0 Å². The third-order valence-corrected chi connectivity index (χ3v) is 5.40. The topological polar surface area (TPSA) is 52.5 Å². The SMILES string of the molecule is CC[C@@H](c1nnnn1C1CCCCC1)[NH+]1CC[NH+](C)CC1. The van der Waals surface area contributed by atoms with E-state index in [4.69, 9.17) is 0 Å². The second kappa shape index (κ2) is 6.83. The van der Waals surface area contributed by atoms with Crippen LogP contribution in [0.4, 0.5) is 0 Å². The third-order valence-electron chi connectivity index (χ3n) is 5.40. The molecule has 2 fully saturated rings. The zero-order valence-electron chi connectivity index (χ0n) is 13.5. The van der Waals surface area contributed by atoms with Gasteiger partial charge in [0.2, 0.25) is 5.82 Å². The first-order valence-electron chi connectivity index (χ1n) is 8.73. The number of nitrogens with zero attached hydrogens (tertiary/aromatic N) is 4. The standard InChI is InChI=1S/C15H28N6/c1-3-14(20-11-9-19(2)10-12-20)15-16-17-18-21(15)13-7-5-4-6-8-13/h13-14H,3-12H2,1-2H3/p+2/t14-/m0/s1. The smallest absolute Gasteiger partial charge is 0.209 e. The Morgan fingerprint density at radius 2 is 1.86 bits per heavy atom. The van der Waals surface area contributed by atoms with Gasteiger partial charge in [-0.2, -0.15) is 0 Å². The fraction of sp³-hybridized carbons (Fsp3) is 0.933. The Balaban J connectivity index is 1.76. The molecule has 3 rings (SSSR count). The summed E-state index contributed by atoms with van der Waals surface area (Å²) in [7, 11) is 2.30. The fourth-order valence-electron chi connectivity index (χ4n) is 4.02. The van der Waals surface area contributed by atoms with Gasteiger partial charge in [0, 0.05) is 6.42 Å². The second-order valence-electron chi connectivity index (χ2n) is 6.85. The lowest BCUT2D eigenvalue weighted by Gasteiger charge is -2.33. The Hall–Kier alpha value is -1.01. The molecule has 1 aromatic heterocycles. The summed E-state index contributed by atoms with van der Waals surface area (Å²) < 4.78 is 2.17. The molecule has 6 heteroatoms. The van der Waals surface area contributed by atoms with Crippen molar-refractivity contribution in [2.75, 3.05) is 33.2 Å². The van der Waals surface area contributed by atoms with Gasteiger partial charge in [0.1, 0.15) is 32.2 Å². The lowest BCUT2D eigenvalue weighted by Crippen LogP contribution is -3.27. The van der Waals surface area contributed by atoms with E-state index in [-0.39, 0.29) is 0 Å². The summed E-state index contributed by atoms with van der Waals surface area (Å²) in [6, 6.07) is 1.00. The quantitative estimate of drug-likeness (QED) is 0.752. The monoisotopic (exact) mass is 294 g/mol. The van der Waals surface area contributed by atoms with Crippen LogP contribution < -0.4 is 9.80 Å². The number of tetrazole rings is 1. The Morgan fingerprint density at radius 3 is 2.52 bits per heavy atom. The van der Waals surface area contributed by atoms with E-state index >= 15 is 0 Å². The molecule has 0 amide bonds. The van der Waals surface area contributed by atoms with Crippen molar-refractivity contribution in [3.05, 3.63) is 5.82 Å². The van der Waals surface area contributed by atoms with Crippen LogP contribution >= 0.6 is 0 Å². The molecule has 1 aliphatic carbocycles. The molecule has 6 nitrogen and oxygen atoms in total. The van der Waals surface area contributed by atoms with Crippen LogP contribution in [-0.4, -0.2) is 53.4 Å². The van der Waals surface area contributed by atoms with E-state index in [1.54, 1.807) is 9.80 Å². The maximum absolute atomic E-state index is 4.43. The summed E-state index contributed by atoms with van der Waals surface area (Å²) >= 11 is 0. The van der Waals surface area contributed by atoms with Crippen molar-refractivity contribution in [2.24, 2.45) is 0 Å². The van der Waals surface area contributed by atoms with E-state index in [9.17, 15) is 0 Å². The van der Waals surface area contributed by atoms with Crippen LogP contribution in [0.25, 0.3) is 0 Å². The molecule has 2 heterocycles. The van der Waals surface area contributed by atoms with Crippen molar-refractivity contribution in [1.82, 2.24) is 20.2 Å². The Bertz CT molecular complexity index is 431. The highest BCUT2D eigenvalue weighted by molar-refractivity contribution is 4.90. The van der Waals surface area contributed by atoms with Crippen molar-refractivity contribution in [2.45, 2.75) is 57.5 Å². The summed E-state index contributed by atoms with van der Waals surface area (Å²) in [6.07, 6.45) is 7.64. The van der Waals surface area contributed by atoms with Gasteiger partial charge >= 0.3 is 0 Å². The number of quaternary nitrogens is 2. The number of piperazine rings is 1. The molecule has 2 N–H and O–H groups in total. The Morgan fingerprint density at radius 1 is 1.14 bits per heavy atom. The van der Waals surface area contributed by atoms with Crippen LogP contribution in [-0.2, 0) is 0 Å². The normalized spacial score (nSPS) is 29.4. The molecule has 118 valence electrons. The van der Waals surface area contributed by atoms with Gasteiger partial charge in [-0.25, -0.2) is 4.68 Å². The molecule has 2 aliphatic rings. The summed E-state index contributed by atoms with van der Waals surface area (Å²) in [5.41, 5.74) is 0. The Labute approximate surface area is 127 Å². The zero-order valence-corrected chi connectivity index (χ0v) is 13.5. The van der Waals surface area contributed by atoms with E-state index in [1.165, 1.54) is 58.3 Å². The molecule has 1 aromatic rings. The van der Waals surface area contributed by atoms with Crippen molar-refractivity contribution in [3.8, 4) is 0 Å². The van der Waals surface area contributed by atoms with Crippen molar-refractivity contribution in [3.63, 3.8) is 0 Å². The van der Waals surface area contributed by atoms with E-state index in [0.29, 0.717) is 12.1 Å². The van der Waals surface area contributed by atoms with Crippen molar-refractivity contribution in [1.29, 1.82) is 0 Å². The molecule has 1 saturated carbocycles. The number of hydrogen-bond acceptors (Lipinski definition) is 3. The minimum absolute atomic E-state index is 0.468. The number of hydrogen-bond donors (Lipinski definition) is 2. The van der Waals surface area contributed by atoms with Crippen LogP contribution in [0.15, 0.2) is 0 Å².